The molecule has 1 N–H and O–H groups in total. The number of halogens is 1. The Morgan fingerprint density at radius 3 is 2.73 bits per heavy atom. The zero-order chi connectivity index (χ0) is 10.8. The van der Waals surface area contributed by atoms with Gasteiger partial charge in [-0.3, -0.25) is 0 Å². The molecule has 0 spiro atoms. The lowest BCUT2D eigenvalue weighted by atomic mass is 10.1. The van der Waals surface area contributed by atoms with Crippen molar-refractivity contribution in [1.29, 1.82) is 0 Å². The maximum Gasteiger partial charge on any atom is 0.0702 e. The number of rotatable bonds is 4. The van der Waals surface area contributed by atoms with Crippen LogP contribution in [0.25, 0.3) is 0 Å². The predicted octanol–water partition coefficient (Wildman–Crippen LogP) is 2.82. The first-order chi connectivity index (χ1) is 7.26. The smallest absolute Gasteiger partial charge is 0.0702 e. The fraction of sp³-hybridized carbons (Fsp3) is 0.500. The summed E-state index contributed by atoms with van der Waals surface area (Å²) in [7, 11) is 0. The van der Waals surface area contributed by atoms with Gasteiger partial charge in [0.25, 0.3) is 0 Å². The third-order valence-corrected chi connectivity index (χ3v) is 3.09. The second-order valence-electron chi connectivity index (χ2n) is 3.95. The van der Waals surface area contributed by atoms with Gasteiger partial charge in [-0.15, -0.1) is 0 Å². The van der Waals surface area contributed by atoms with Gasteiger partial charge in [0.2, 0.25) is 0 Å². The monoisotopic (exact) mass is 225 g/mol. The van der Waals surface area contributed by atoms with E-state index in [0.29, 0.717) is 6.04 Å². The van der Waals surface area contributed by atoms with E-state index >= 15 is 0 Å². The third kappa shape index (κ3) is 2.27. The van der Waals surface area contributed by atoms with E-state index in [2.05, 4.69) is 11.8 Å². The second-order valence-corrected chi connectivity index (χ2v) is 4.38. The van der Waals surface area contributed by atoms with Crippen molar-refractivity contribution in [2.75, 3.05) is 11.4 Å². The van der Waals surface area contributed by atoms with Crippen molar-refractivity contribution in [3.63, 3.8) is 0 Å². The van der Waals surface area contributed by atoms with Gasteiger partial charge in [-0.2, -0.15) is 0 Å². The van der Waals surface area contributed by atoms with E-state index in [0.717, 1.165) is 22.8 Å². The molecule has 1 aliphatic rings. The van der Waals surface area contributed by atoms with Gasteiger partial charge >= 0.3 is 0 Å². The summed E-state index contributed by atoms with van der Waals surface area (Å²) in [5.74, 6) is 0. The van der Waals surface area contributed by atoms with Crippen LogP contribution >= 0.6 is 11.6 Å². The summed E-state index contributed by atoms with van der Waals surface area (Å²) in [6.07, 6.45) is 2.51. The molecule has 2 rings (SSSR count). The van der Waals surface area contributed by atoms with Crippen LogP contribution in [0.15, 0.2) is 18.2 Å². The van der Waals surface area contributed by atoms with Crippen LogP contribution in [0.3, 0.4) is 0 Å². The van der Waals surface area contributed by atoms with Gasteiger partial charge in [0, 0.05) is 28.9 Å². The molecule has 1 aromatic carbocycles. The predicted molar refractivity (Wildman–Crippen MR) is 63.4 cm³/mol. The number of aliphatic hydroxyl groups is 1. The summed E-state index contributed by atoms with van der Waals surface area (Å²) in [5.41, 5.74) is 2.06. The standard InChI is InChI=1S/C12H16ClNO/c1-2-14(11-5-6-11)12-7-10(13)4-3-9(12)8-15/h3-4,7,11,15H,2,5-6,8H2,1H3. The fourth-order valence-corrected chi connectivity index (χ4v) is 2.12. The molecule has 1 saturated carbocycles. The summed E-state index contributed by atoms with van der Waals surface area (Å²) >= 11 is 5.99. The Bertz CT molecular complexity index is 349. The quantitative estimate of drug-likeness (QED) is 0.852. The summed E-state index contributed by atoms with van der Waals surface area (Å²) in [4.78, 5) is 2.33. The largest absolute Gasteiger partial charge is 0.392 e. The van der Waals surface area contributed by atoms with Crippen molar-refractivity contribution < 1.29 is 5.11 Å². The SMILES string of the molecule is CCN(c1cc(Cl)ccc1CO)C1CC1. The van der Waals surface area contributed by atoms with Crippen molar-refractivity contribution in [3.05, 3.63) is 28.8 Å². The normalized spacial score (nSPS) is 15.4. The minimum absolute atomic E-state index is 0.0791. The van der Waals surface area contributed by atoms with E-state index in [1.165, 1.54) is 12.8 Å². The number of anilines is 1. The summed E-state index contributed by atoms with van der Waals surface area (Å²) in [6, 6.07) is 6.34. The molecule has 0 aromatic heterocycles. The third-order valence-electron chi connectivity index (χ3n) is 2.86. The Morgan fingerprint density at radius 1 is 1.47 bits per heavy atom. The van der Waals surface area contributed by atoms with Gasteiger partial charge in [0.05, 0.1) is 6.61 Å². The Hall–Kier alpha value is -0.730. The second kappa shape index (κ2) is 4.42. The summed E-state index contributed by atoms with van der Waals surface area (Å²) < 4.78 is 0. The zero-order valence-electron chi connectivity index (χ0n) is 8.91. The highest BCUT2D eigenvalue weighted by Gasteiger charge is 2.29. The van der Waals surface area contributed by atoms with Crippen LogP contribution < -0.4 is 4.90 Å². The maximum atomic E-state index is 9.29. The molecule has 0 aliphatic heterocycles. The zero-order valence-corrected chi connectivity index (χ0v) is 9.67. The van der Waals surface area contributed by atoms with Gasteiger partial charge in [-0.25, -0.2) is 0 Å². The fourth-order valence-electron chi connectivity index (χ4n) is 1.95. The minimum atomic E-state index is 0.0791. The molecule has 3 heteroatoms. The Labute approximate surface area is 95.5 Å². The van der Waals surface area contributed by atoms with Gasteiger partial charge < -0.3 is 10.0 Å². The van der Waals surface area contributed by atoms with Crippen LogP contribution in [0.2, 0.25) is 5.02 Å². The van der Waals surface area contributed by atoms with Crippen molar-refractivity contribution in [2.24, 2.45) is 0 Å². The highest BCUT2D eigenvalue weighted by molar-refractivity contribution is 6.30. The molecule has 1 aliphatic carbocycles. The molecule has 2 nitrogen and oxygen atoms in total. The first-order valence-electron chi connectivity index (χ1n) is 5.42. The number of benzene rings is 1. The van der Waals surface area contributed by atoms with E-state index in [1.807, 2.05) is 18.2 Å². The Morgan fingerprint density at radius 2 is 2.20 bits per heavy atom. The summed E-state index contributed by atoms with van der Waals surface area (Å²) in [6.45, 7) is 3.19. The molecule has 0 saturated heterocycles. The van der Waals surface area contributed by atoms with E-state index in [4.69, 9.17) is 11.6 Å². The lowest BCUT2D eigenvalue weighted by Crippen LogP contribution is -2.26. The number of nitrogens with zero attached hydrogens (tertiary/aromatic N) is 1. The molecular formula is C12H16ClNO. The van der Waals surface area contributed by atoms with Crippen LogP contribution in [0, 0.1) is 0 Å². The van der Waals surface area contributed by atoms with Crippen LogP contribution in [0.1, 0.15) is 25.3 Å². The average molecular weight is 226 g/mol. The molecule has 0 bridgehead atoms. The van der Waals surface area contributed by atoms with Crippen molar-refractivity contribution >= 4 is 17.3 Å². The number of hydrogen-bond acceptors (Lipinski definition) is 2. The average Bonchev–Trinajstić information content (AvgIpc) is 3.04. The topological polar surface area (TPSA) is 23.5 Å². The van der Waals surface area contributed by atoms with Gasteiger partial charge in [0.1, 0.15) is 0 Å². The highest BCUT2D eigenvalue weighted by Crippen LogP contribution is 2.34. The lowest BCUT2D eigenvalue weighted by Gasteiger charge is -2.25. The van der Waals surface area contributed by atoms with Crippen LogP contribution in [0.4, 0.5) is 5.69 Å². The molecule has 82 valence electrons. The molecule has 0 atom stereocenters. The minimum Gasteiger partial charge on any atom is -0.392 e. The molecule has 0 heterocycles. The van der Waals surface area contributed by atoms with Gasteiger partial charge in [-0.1, -0.05) is 17.7 Å². The van der Waals surface area contributed by atoms with Crippen molar-refractivity contribution in [2.45, 2.75) is 32.4 Å². The van der Waals surface area contributed by atoms with Crippen molar-refractivity contribution in [3.8, 4) is 0 Å². The molecule has 15 heavy (non-hydrogen) atoms. The summed E-state index contributed by atoms with van der Waals surface area (Å²) in [5, 5.41) is 10.0. The Balaban J connectivity index is 2.34. The van der Waals surface area contributed by atoms with Crippen molar-refractivity contribution in [1.82, 2.24) is 0 Å². The Kier molecular flexibility index (Phi) is 3.17. The molecule has 0 radical (unpaired) electrons. The lowest BCUT2D eigenvalue weighted by molar-refractivity contribution is 0.282. The van der Waals surface area contributed by atoms with E-state index in [9.17, 15) is 5.11 Å². The number of aliphatic hydroxyl groups excluding tert-OH is 1. The van der Waals surface area contributed by atoms with Gasteiger partial charge in [-0.05, 0) is 31.9 Å². The molecule has 0 amide bonds. The molecular weight excluding hydrogens is 210 g/mol. The first-order valence-corrected chi connectivity index (χ1v) is 5.80. The van der Waals surface area contributed by atoms with E-state index in [-0.39, 0.29) is 6.61 Å². The van der Waals surface area contributed by atoms with Crippen LogP contribution in [-0.2, 0) is 6.61 Å². The molecule has 1 fully saturated rings. The van der Waals surface area contributed by atoms with E-state index in [1.54, 1.807) is 0 Å². The van der Waals surface area contributed by atoms with Gasteiger partial charge in [0.15, 0.2) is 0 Å². The maximum absolute atomic E-state index is 9.29. The molecule has 1 aromatic rings. The van der Waals surface area contributed by atoms with E-state index < -0.39 is 0 Å². The van der Waals surface area contributed by atoms with Crippen LogP contribution in [0.5, 0.6) is 0 Å². The number of hydrogen-bond donors (Lipinski definition) is 1. The first kappa shape index (κ1) is 10.8. The highest BCUT2D eigenvalue weighted by atomic mass is 35.5. The molecule has 0 unspecified atom stereocenters. The van der Waals surface area contributed by atoms with Crippen LogP contribution in [-0.4, -0.2) is 17.7 Å².